The summed E-state index contributed by atoms with van der Waals surface area (Å²) in [4.78, 5) is 4.28. The zero-order valence-electron chi connectivity index (χ0n) is 12.5. The first-order valence-electron chi connectivity index (χ1n) is 7.74. The van der Waals surface area contributed by atoms with Gasteiger partial charge in [0.1, 0.15) is 0 Å². The first-order valence-corrected chi connectivity index (χ1v) is 9.14. The molecule has 0 radical (unpaired) electrons. The standard InChI is InChI=1S/C15H23N3O2S/c1-13-5-4-10-17(11-13)21(19,20)18(15-7-8-15)12-14-6-2-3-9-16-14/h2-3,6,9,13,15H,4-5,7-8,10-12H2,1H3. The fourth-order valence-corrected chi connectivity index (χ4v) is 4.90. The lowest BCUT2D eigenvalue weighted by molar-refractivity contribution is 0.253. The van der Waals surface area contributed by atoms with Crippen LogP contribution in [0.2, 0.25) is 0 Å². The van der Waals surface area contributed by atoms with Gasteiger partial charge in [-0.05, 0) is 43.7 Å². The van der Waals surface area contributed by atoms with Gasteiger partial charge in [-0.3, -0.25) is 4.98 Å². The normalized spacial score (nSPS) is 24.4. The van der Waals surface area contributed by atoms with E-state index in [0.717, 1.165) is 31.4 Å². The predicted molar refractivity (Wildman–Crippen MR) is 81.7 cm³/mol. The molecule has 1 atom stereocenters. The van der Waals surface area contributed by atoms with E-state index in [-0.39, 0.29) is 6.04 Å². The van der Waals surface area contributed by atoms with Crippen molar-refractivity contribution in [2.45, 2.75) is 45.2 Å². The van der Waals surface area contributed by atoms with Crippen LogP contribution in [0.5, 0.6) is 0 Å². The minimum atomic E-state index is -3.37. The molecule has 2 heterocycles. The van der Waals surface area contributed by atoms with E-state index in [4.69, 9.17) is 0 Å². The molecule has 2 fully saturated rings. The summed E-state index contributed by atoms with van der Waals surface area (Å²) < 4.78 is 29.2. The molecule has 116 valence electrons. The summed E-state index contributed by atoms with van der Waals surface area (Å²) >= 11 is 0. The predicted octanol–water partition coefficient (Wildman–Crippen LogP) is 2.02. The van der Waals surface area contributed by atoms with Gasteiger partial charge in [0.25, 0.3) is 10.2 Å². The summed E-state index contributed by atoms with van der Waals surface area (Å²) in [6.07, 6.45) is 5.74. The highest BCUT2D eigenvalue weighted by molar-refractivity contribution is 7.86. The molecular formula is C15H23N3O2S. The van der Waals surface area contributed by atoms with Crippen LogP contribution in [0.3, 0.4) is 0 Å². The molecule has 1 unspecified atom stereocenters. The molecule has 21 heavy (non-hydrogen) atoms. The van der Waals surface area contributed by atoms with Crippen LogP contribution in [-0.2, 0) is 16.8 Å². The number of hydrogen-bond acceptors (Lipinski definition) is 3. The van der Waals surface area contributed by atoms with Crippen LogP contribution in [0.25, 0.3) is 0 Å². The average molecular weight is 309 g/mol. The van der Waals surface area contributed by atoms with Crippen LogP contribution in [-0.4, -0.2) is 41.1 Å². The zero-order chi connectivity index (χ0) is 14.9. The largest absolute Gasteiger partial charge is 0.282 e. The Labute approximate surface area is 127 Å². The summed E-state index contributed by atoms with van der Waals surface area (Å²) in [5, 5.41) is 0. The van der Waals surface area contributed by atoms with E-state index in [1.54, 1.807) is 14.8 Å². The molecule has 1 aliphatic heterocycles. The molecule has 1 aliphatic carbocycles. The number of piperidine rings is 1. The number of hydrogen-bond donors (Lipinski definition) is 0. The van der Waals surface area contributed by atoms with Crippen LogP contribution in [0.1, 0.15) is 38.3 Å². The second-order valence-electron chi connectivity index (χ2n) is 6.21. The molecule has 2 aliphatic rings. The maximum absolute atomic E-state index is 12.9. The van der Waals surface area contributed by atoms with E-state index >= 15 is 0 Å². The van der Waals surface area contributed by atoms with Crippen molar-refractivity contribution < 1.29 is 8.42 Å². The highest BCUT2D eigenvalue weighted by Gasteiger charge is 2.41. The van der Waals surface area contributed by atoms with Gasteiger partial charge in [0.15, 0.2) is 0 Å². The van der Waals surface area contributed by atoms with E-state index in [0.29, 0.717) is 25.6 Å². The van der Waals surface area contributed by atoms with Crippen LogP contribution in [0, 0.1) is 5.92 Å². The summed E-state index contributed by atoms with van der Waals surface area (Å²) in [6.45, 7) is 3.81. The Hall–Kier alpha value is -0.980. The maximum atomic E-state index is 12.9. The molecule has 0 N–H and O–H groups in total. The summed E-state index contributed by atoms with van der Waals surface area (Å²) in [6, 6.07) is 5.81. The van der Waals surface area contributed by atoms with Gasteiger partial charge in [-0.2, -0.15) is 17.0 Å². The van der Waals surface area contributed by atoms with E-state index < -0.39 is 10.2 Å². The van der Waals surface area contributed by atoms with Crippen LogP contribution >= 0.6 is 0 Å². The molecular weight excluding hydrogens is 286 g/mol. The van der Waals surface area contributed by atoms with Crippen molar-refractivity contribution in [2.24, 2.45) is 5.92 Å². The molecule has 0 bridgehead atoms. The lowest BCUT2D eigenvalue weighted by atomic mass is 10.0. The summed E-state index contributed by atoms with van der Waals surface area (Å²) in [7, 11) is -3.37. The Balaban J connectivity index is 1.79. The number of pyridine rings is 1. The first-order chi connectivity index (χ1) is 10.1. The molecule has 5 nitrogen and oxygen atoms in total. The molecule has 1 aromatic rings. The molecule has 1 saturated carbocycles. The SMILES string of the molecule is CC1CCCN(S(=O)(=O)N(Cc2ccccn2)C2CC2)C1. The molecule has 6 heteroatoms. The smallest absolute Gasteiger partial charge is 0.260 e. The van der Waals surface area contributed by atoms with E-state index in [2.05, 4.69) is 11.9 Å². The van der Waals surface area contributed by atoms with Gasteiger partial charge in [-0.25, -0.2) is 0 Å². The number of rotatable bonds is 5. The van der Waals surface area contributed by atoms with Gasteiger partial charge in [-0.1, -0.05) is 13.0 Å². The monoisotopic (exact) mass is 309 g/mol. The second-order valence-corrected chi connectivity index (χ2v) is 8.09. The minimum Gasteiger partial charge on any atom is -0.260 e. The molecule has 1 aromatic heterocycles. The third-order valence-electron chi connectivity index (χ3n) is 4.24. The Bertz CT molecular complexity index is 572. The summed E-state index contributed by atoms with van der Waals surface area (Å²) in [5.74, 6) is 0.449. The number of nitrogens with zero attached hydrogens (tertiary/aromatic N) is 3. The quantitative estimate of drug-likeness (QED) is 0.836. The van der Waals surface area contributed by atoms with Crippen molar-refractivity contribution in [3.8, 4) is 0 Å². The third kappa shape index (κ3) is 3.44. The van der Waals surface area contributed by atoms with Crippen molar-refractivity contribution in [2.75, 3.05) is 13.1 Å². The zero-order valence-corrected chi connectivity index (χ0v) is 13.3. The van der Waals surface area contributed by atoms with E-state index in [1.807, 2.05) is 18.2 Å². The molecule has 0 aromatic carbocycles. The lowest BCUT2D eigenvalue weighted by Gasteiger charge is -2.34. The third-order valence-corrected chi connectivity index (χ3v) is 6.24. The van der Waals surface area contributed by atoms with Gasteiger partial charge >= 0.3 is 0 Å². The lowest BCUT2D eigenvalue weighted by Crippen LogP contribution is -2.48. The highest BCUT2D eigenvalue weighted by Crippen LogP contribution is 2.33. The topological polar surface area (TPSA) is 53.5 Å². The van der Waals surface area contributed by atoms with Crippen LogP contribution in [0.4, 0.5) is 0 Å². The van der Waals surface area contributed by atoms with Gasteiger partial charge in [0, 0.05) is 25.3 Å². The Morgan fingerprint density at radius 1 is 1.33 bits per heavy atom. The van der Waals surface area contributed by atoms with Crippen molar-refractivity contribution in [1.29, 1.82) is 0 Å². The number of aromatic nitrogens is 1. The van der Waals surface area contributed by atoms with Gasteiger partial charge in [0.2, 0.25) is 0 Å². The van der Waals surface area contributed by atoms with Crippen molar-refractivity contribution in [3.05, 3.63) is 30.1 Å². The van der Waals surface area contributed by atoms with Gasteiger partial charge in [-0.15, -0.1) is 0 Å². The average Bonchev–Trinajstić information content (AvgIpc) is 3.30. The molecule has 0 spiro atoms. The van der Waals surface area contributed by atoms with E-state index in [1.165, 1.54) is 0 Å². The van der Waals surface area contributed by atoms with Crippen molar-refractivity contribution >= 4 is 10.2 Å². The Kier molecular flexibility index (Phi) is 4.28. The second kappa shape index (κ2) is 6.02. The fourth-order valence-electron chi connectivity index (χ4n) is 2.92. The Morgan fingerprint density at radius 3 is 2.76 bits per heavy atom. The van der Waals surface area contributed by atoms with Crippen LogP contribution < -0.4 is 0 Å². The maximum Gasteiger partial charge on any atom is 0.282 e. The summed E-state index contributed by atoms with van der Waals surface area (Å²) in [5.41, 5.74) is 0.818. The van der Waals surface area contributed by atoms with Crippen molar-refractivity contribution in [1.82, 2.24) is 13.6 Å². The fraction of sp³-hybridized carbons (Fsp3) is 0.667. The van der Waals surface area contributed by atoms with Crippen LogP contribution in [0.15, 0.2) is 24.4 Å². The van der Waals surface area contributed by atoms with Crippen molar-refractivity contribution in [3.63, 3.8) is 0 Å². The van der Waals surface area contributed by atoms with Gasteiger partial charge in [0.05, 0.1) is 12.2 Å². The van der Waals surface area contributed by atoms with Gasteiger partial charge < -0.3 is 0 Å². The highest BCUT2D eigenvalue weighted by atomic mass is 32.2. The Morgan fingerprint density at radius 2 is 2.14 bits per heavy atom. The minimum absolute atomic E-state index is 0.161. The first kappa shape index (κ1) is 14.9. The molecule has 3 rings (SSSR count). The molecule has 1 saturated heterocycles. The van der Waals surface area contributed by atoms with E-state index in [9.17, 15) is 8.42 Å². The molecule has 0 amide bonds.